The molecule has 0 atom stereocenters. The van der Waals surface area contributed by atoms with Crippen LogP contribution in [0.2, 0.25) is 0 Å². The third-order valence-electron chi connectivity index (χ3n) is 1.46. The molecule has 0 aromatic carbocycles. The van der Waals surface area contributed by atoms with Crippen LogP contribution >= 0.6 is 0 Å². The minimum Gasteiger partial charge on any atom is -0.229 e. The van der Waals surface area contributed by atoms with Crippen molar-refractivity contribution < 1.29 is 16.8 Å². The molecule has 0 N–H and O–H groups in total. The van der Waals surface area contributed by atoms with Crippen LogP contribution in [0.15, 0.2) is 0 Å². The molecule has 0 aliphatic heterocycles. The Bertz CT molecular complexity index is 323. The average Bonchev–Trinajstić information content (AvgIpc) is 1.82. The zero-order valence-corrected chi connectivity index (χ0v) is 9.07. The molecule has 0 bridgehead atoms. The Hall–Kier alpha value is -0.100. The van der Waals surface area contributed by atoms with Crippen LogP contribution in [0.1, 0.15) is 13.8 Å². The molecular weight excluding hydrogens is 200 g/mol. The number of hydrogen-bond donors (Lipinski definition) is 0. The maximum Gasteiger partial charge on any atom is 0.153 e. The molecule has 0 heterocycles. The van der Waals surface area contributed by atoms with Gasteiger partial charge in [0.15, 0.2) is 9.84 Å². The zero-order chi connectivity index (χ0) is 9.99. The van der Waals surface area contributed by atoms with Crippen molar-refractivity contribution >= 4 is 19.7 Å². The molecule has 0 saturated carbocycles. The molecule has 74 valence electrons. The molecule has 6 heteroatoms. The number of rotatable bonds is 4. The van der Waals surface area contributed by atoms with Gasteiger partial charge in [-0.05, 0) is 13.8 Å². The second-order valence-corrected chi connectivity index (χ2v) is 7.98. The van der Waals surface area contributed by atoms with Gasteiger partial charge in [0.2, 0.25) is 0 Å². The molecule has 0 amide bonds. The van der Waals surface area contributed by atoms with E-state index < -0.39 is 24.9 Å². The van der Waals surface area contributed by atoms with Crippen molar-refractivity contribution in [3.8, 4) is 0 Å². The van der Waals surface area contributed by atoms with Crippen molar-refractivity contribution in [2.24, 2.45) is 0 Å². The Morgan fingerprint density at radius 2 is 1.42 bits per heavy atom. The number of sulfone groups is 2. The van der Waals surface area contributed by atoms with Crippen LogP contribution in [0.25, 0.3) is 0 Å². The SMILES string of the molecule is CC(C)S(=O)(=O)CCS(C)(=O)=O. The first-order valence-corrected chi connectivity index (χ1v) is 7.32. The molecule has 4 nitrogen and oxygen atoms in total. The summed E-state index contributed by atoms with van der Waals surface area (Å²) < 4.78 is 43.5. The van der Waals surface area contributed by atoms with Crippen LogP contribution in [0.5, 0.6) is 0 Å². The number of hydrogen-bond acceptors (Lipinski definition) is 4. The molecule has 0 radical (unpaired) electrons. The highest BCUT2D eigenvalue weighted by atomic mass is 32.2. The van der Waals surface area contributed by atoms with Gasteiger partial charge in [-0.2, -0.15) is 0 Å². The third-order valence-corrected chi connectivity index (χ3v) is 4.87. The minimum atomic E-state index is -3.21. The first kappa shape index (κ1) is 11.9. The second kappa shape index (κ2) is 3.74. The van der Waals surface area contributed by atoms with Gasteiger partial charge in [0.05, 0.1) is 16.8 Å². The summed E-state index contributed by atoms with van der Waals surface area (Å²) in [6.07, 6.45) is 1.03. The van der Waals surface area contributed by atoms with Crippen LogP contribution in [0, 0.1) is 0 Å². The lowest BCUT2D eigenvalue weighted by Crippen LogP contribution is -2.22. The van der Waals surface area contributed by atoms with Gasteiger partial charge in [-0.15, -0.1) is 0 Å². The summed E-state index contributed by atoms with van der Waals surface area (Å²) in [6, 6.07) is 0. The van der Waals surface area contributed by atoms with E-state index in [1.54, 1.807) is 0 Å². The van der Waals surface area contributed by atoms with Gasteiger partial charge in [0.25, 0.3) is 0 Å². The lowest BCUT2D eigenvalue weighted by molar-refractivity contribution is 0.584. The van der Waals surface area contributed by atoms with Crippen LogP contribution in [0.4, 0.5) is 0 Å². The highest BCUT2D eigenvalue weighted by Gasteiger charge is 2.18. The summed E-state index contributed by atoms with van der Waals surface area (Å²) in [5, 5.41) is -0.501. The first-order chi connectivity index (χ1) is 5.15. The molecular formula is C6H14O4S2. The van der Waals surface area contributed by atoms with Gasteiger partial charge in [0, 0.05) is 6.26 Å². The largest absolute Gasteiger partial charge is 0.229 e. The summed E-state index contributed by atoms with van der Waals surface area (Å²) in [7, 11) is -6.38. The molecule has 0 aliphatic carbocycles. The molecule has 0 saturated heterocycles. The fourth-order valence-electron chi connectivity index (χ4n) is 0.503. The van der Waals surface area contributed by atoms with Crippen LogP contribution in [-0.4, -0.2) is 39.8 Å². The molecule has 0 spiro atoms. The molecule has 0 aromatic rings. The summed E-state index contributed by atoms with van der Waals surface area (Å²) in [6.45, 7) is 3.08. The van der Waals surface area contributed by atoms with Crippen molar-refractivity contribution in [3.63, 3.8) is 0 Å². The third kappa shape index (κ3) is 4.71. The first-order valence-electron chi connectivity index (χ1n) is 3.54. The van der Waals surface area contributed by atoms with E-state index in [4.69, 9.17) is 0 Å². The van der Waals surface area contributed by atoms with E-state index in [1.807, 2.05) is 0 Å². The van der Waals surface area contributed by atoms with Gasteiger partial charge in [-0.1, -0.05) is 0 Å². The molecule has 12 heavy (non-hydrogen) atoms. The molecule has 0 aliphatic rings. The Morgan fingerprint density at radius 1 is 1.00 bits per heavy atom. The van der Waals surface area contributed by atoms with E-state index in [9.17, 15) is 16.8 Å². The van der Waals surface area contributed by atoms with E-state index in [0.717, 1.165) is 6.26 Å². The van der Waals surface area contributed by atoms with E-state index in [2.05, 4.69) is 0 Å². The fraction of sp³-hybridized carbons (Fsp3) is 1.00. The van der Waals surface area contributed by atoms with Gasteiger partial charge in [0.1, 0.15) is 9.84 Å². The van der Waals surface area contributed by atoms with Crippen LogP contribution in [-0.2, 0) is 19.7 Å². The maximum atomic E-state index is 11.1. The van der Waals surface area contributed by atoms with Gasteiger partial charge in [-0.25, -0.2) is 16.8 Å². The van der Waals surface area contributed by atoms with Crippen LogP contribution in [0.3, 0.4) is 0 Å². The van der Waals surface area contributed by atoms with Crippen molar-refractivity contribution in [1.82, 2.24) is 0 Å². The van der Waals surface area contributed by atoms with Gasteiger partial charge in [-0.3, -0.25) is 0 Å². The minimum absolute atomic E-state index is 0.274. The standard InChI is InChI=1S/C6H14O4S2/c1-6(2)12(9,10)5-4-11(3,7)8/h6H,4-5H2,1-3H3. The highest BCUT2D eigenvalue weighted by molar-refractivity contribution is 7.95. The summed E-state index contributed by atoms with van der Waals surface area (Å²) >= 11 is 0. The lowest BCUT2D eigenvalue weighted by Gasteiger charge is -2.05. The smallest absolute Gasteiger partial charge is 0.153 e. The average molecular weight is 214 g/mol. The normalized spacial score (nSPS) is 13.7. The van der Waals surface area contributed by atoms with Crippen molar-refractivity contribution in [2.45, 2.75) is 19.1 Å². The van der Waals surface area contributed by atoms with Gasteiger partial charge >= 0.3 is 0 Å². The highest BCUT2D eigenvalue weighted by Crippen LogP contribution is 2.01. The molecule has 0 aromatic heterocycles. The Kier molecular flexibility index (Phi) is 3.71. The maximum absolute atomic E-state index is 11.1. The van der Waals surface area contributed by atoms with Crippen LogP contribution < -0.4 is 0 Å². The predicted octanol–water partition coefficient (Wildman–Crippen LogP) is -0.146. The van der Waals surface area contributed by atoms with Gasteiger partial charge < -0.3 is 0 Å². The summed E-state index contributed by atoms with van der Waals surface area (Å²) in [4.78, 5) is 0. The second-order valence-electron chi connectivity index (χ2n) is 3.05. The van der Waals surface area contributed by atoms with Crippen molar-refractivity contribution in [2.75, 3.05) is 17.8 Å². The Labute approximate surface area is 73.8 Å². The quantitative estimate of drug-likeness (QED) is 0.653. The zero-order valence-electron chi connectivity index (χ0n) is 7.44. The Balaban J connectivity index is 4.32. The van der Waals surface area contributed by atoms with E-state index in [1.165, 1.54) is 13.8 Å². The summed E-state index contributed by atoms with van der Waals surface area (Å²) in [5.74, 6) is -0.559. The van der Waals surface area contributed by atoms with E-state index in [0.29, 0.717) is 0 Å². The topological polar surface area (TPSA) is 68.3 Å². The lowest BCUT2D eigenvalue weighted by atomic mass is 10.6. The van der Waals surface area contributed by atoms with E-state index >= 15 is 0 Å². The fourth-order valence-corrected chi connectivity index (χ4v) is 3.11. The summed E-state index contributed by atoms with van der Waals surface area (Å²) in [5.41, 5.74) is 0. The predicted molar refractivity (Wildman–Crippen MR) is 48.6 cm³/mol. The Morgan fingerprint density at radius 3 is 1.67 bits per heavy atom. The van der Waals surface area contributed by atoms with E-state index in [-0.39, 0.29) is 11.5 Å². The van der Waals surface area contributed by atoms with Crippen molar-refractivity contribution in [3.05, 3.63) is 0 Å². The molecule has 0 rings (SSSR count). The monoisotopic (exact) mass is 214 g/mol. The molecule has 0 unspecified atom stereocenters. The molecule has 0 fully saturated rings. The van der Waals surface area contributed by atoms with Crippen molar-refractivity contribution in [1.29, 1.82) is 0 Å².